The van der Waals surface area contributed by atoms with E-state index in [0.717, 1.165) is 20.9 Å². The zero-order valence-corrected chi connectivity index (χ0v) is 13.0. The van der Waals surface area contributed by atoms with E-state index in [1.54, 1.807) is 10.9 Å². The van der Waals surface area contributed by atoms with Gasteiger partial charge in [-0.1, -0.05) is 0 Å². The van der Waals surface area contributed by atoms with Crippen molar-refractivity contribution in [2.75, 3.05) is 0 Å². The average Bonchev–Trinajstić information content (AvgIpc) is 2.72. The summed E-state index contributed by atoms with van der Waals surface area (Å²) in [6.07, 6.45) is 6.28. The third kappa shape index (κ3) is 3.40. The minimum absolute atomic E-state index is 0.576. The number of hydrogen-bond donors (Lipinski definition) is 1. The summed E-state index contributed by atoms with van der Waals surface area (Å²) in [6, 6.07) is 1.88. The van der Waals surface area contributed by atoms with Crippen LogP contribution in [0.3, 0.4) is 0 Å². The van der Waals surface area contributed by atoms with E-state index >= 15 is 0 Å². The van der Waals surface area contributed by atoms with Crippen molar-refractivity contribution in [1.82, 2.24) is 14.8 Å². The van der Waals surface area contributed by atoms with Crippen LogP contribution in [-0.2, 0) is 13.5 Å². The van der Waals surface area contributed by atoms with Crippen LogP contribution in [0.1, 0.15) is 23.8 Å². The molecule has 4 nitrogen and oxygen atoms in total. The molecule has 2 aromatic heterocycles. The Labute approximate surface area is 122 Å². The van der Waals surface area contributed by atoms with Crippen LogP contribution in [-0.4, -0.2) is 19.9 Å². The summed E-state index contributed by atoms with van der Waals surface area (Å²) in [7, 11) is 1.88. The highest BCUT2D eigenvalue weighted by molar-refractivity contribution is 9.11. The molecule has 2 heterocycles. The first kappa shape index (κ1) is 13.7. The van der Waals surface area contributed by atoms with Crippen LogP contribution in [0.15, 0.2) is 33.6 Å². The van der Waals surface area contributed by atoms with Crippen molar-refractivity contribution >= 4 is 31.9 Å². The van der Waals surface area contributed by atoms with Gasteiger partial charge in [0.05, 0.1) is 18.0 Å². The lowest BCUT2D eigenvalue weighted by molar-refractivity contribution is 0.162. The van der Waals surface area contributed by atoms with Crippen LogP contribution < -0.4 is 0 Å². The summed E-state index contributed by atoms with van der Waals surface area (Å²) in [4.78, 5) is 4.23. The van der Waals surface area contributed by atoms with E-state index < -0.39 is 6.10 Å². The molecule has 0 amide bonds. The summed E-state index contributed by atoms with van der Waals surface area (Å²) in [5.74, 6) is 0. The van der Waals surface area contributed by atoms with E-state index in [-0.39, 0.29) is 0 Å². The van der Waals surface area contributed by atoms with E-state index in [9.17, 15) is 5.11 Å². The Morgan fingerprint density at radius 3 is 2.78 bits per heavy atom. The van der Waals surface area contributed by atoms with Gasteiger partial charge in [-0.25, -0.2) is 0 Å². The molecule has 0 aromatic carbocycles. The van der Waals surface area contributed by atoms with Gasteiger partial charge in [-0.2, -0.15) is 5.10 Å². The van der Waals surface area contributed by atoms with Gasteiger partial charge in [-0.3, -0.25) is 9.67 Å². The summed E-state index contributed by atoms with van der Waals surface area (Å²) in [5, 5.41) is 14.2. The minimum atomic E-state index is -0.576. The lowest BCUT2D eigenvalue weighted by Crippen LogP contribution is -2.03. The van der Waals surface area contributed by atoms with Crippen LogP contribution in [0.5, 0.6) is 0 Å². The first-order chi connectivity index (χ1) is 8.56. The van der Waals surface area contributed by atoms with Crippen molar-refractivity contribution in [3.63, 3.8) is 0 Å². The first-order valence-electron chi connectivity index (χ1n) is 5.53. The predicted octanol–water partition coefficient (Wildman–Crippen LogP) is 3.01. The number of rotatable bonds is 4. The van der Waals surface area contributed by atoms with Gasteiger partial charge < -0.3 is 5.11 Å². The van der Waals surface area contributed by atoms with Gasteiger partial charge in [0.25, 0.3) is 0 Å². The van der Waals surface area contributed by atoms with Crippen LogP contribution in [0.25, 0.3) is 0 Å². The second kappa shape index (κ2) is 5.95. The van der Waals surface area contributed by atoms with Gasteiger partial charge in [0.2, 0.25) is 0 Å². The van der Waals surface area contributed by atoms with Gasteiger partial charge in [0.15, 0.2) is 0 Å². The number of pyridine rings is 1. The highest BCUT2D eigenvalue weighted by Crippen LogP contribution is 2.27. The first-order valence-corrected chi connectivity index (χ1v) is 7.11. The number of aliphatic hydroxyl groups excluding tert-OH is 1. The maximum absolute atomic E-state index is 10.1. The number of aryl methyl sites for hydroxylation is 2. The second-order valence-corrected chi connectivity index (χ2v) is 5.87. The third-order valence-corrected chi connectivity index (χ3v) is 3.69. The molecule has 0 fully saturated rings. The molecular weight excluding hydrogens is 362 g/mol. The normalized spacial score (nSPS) is 12.7. The Morgan fingerprint density at radius 1 is 1.39 bits per heavy atom. The molecule has 0 bridgehead atoms. The molecule has 2 aromatic rings. The molecule has 0 saturated carbocycles. The van der Waals surface area contributed by atoms with Crippen molar-refractivity contribution in [2.45, 2.75) is 18.9 Å². The van der Waals surface area contributed by atoms with Crippen LogP contribution in [0.2, 0.25) is 0 Å². The summed E-state index contributed by atoms with van der Waals surface area (Å²) in [6.45, 7) is 0. The molecule has 1 atom stereocenters. The van der Waals surface area contributed by atoms with Gasteiger partial charge in [0.1, 0.15) is 0 Å². The van der Waals surface area contributed by atoms with Crippen molar-refractivity contribution in [1.29, 1.82) is 0 Å². The third-order valence-electron chi connectivity index (χ3n) is 2.62. The molecule has 0 radical (unpaired) electrons. The fourth-order valence-electron chi connectivity index (χ4n) is 1.71. The molecule has 0 aliphatic rings. The fourth-order valence-corrected chi connectivity index (χ4v) is 2.96. The van der Waals surface area contributed by atoms with Crippen molar-refractivity contribution in [3.05, 3.63) is 44.9 Å². The van der Waals surface area contributed by atoms with E-state index in [4.69, 9.17) is 0 Å². The topological polar surface area (TPSA) is 50.9 Å². The molecule has 18 heavy (non-hydrogen) atoms. The minimum Gasteiger partial charge on any atom is -0.387 e. The molecule has 0 aliphatic heterocycles. The summed E-state index contributed by atoms with van der Waals surface area (Å²) in [5.41, 5.74) is 1.78. The van der Waals surface area contributed by atoms with Crippen LogP contribution >= 0.6 is 31.9 Å². The van der Waals surface area contributed by atoms with Crippen LogP contribution in [0, 0.1) is 0 Å². The molecule has 1 N–H and O–H groups in total. The van der Waals surface area contributed by atoms with Crippen molar-refractivity contribution in [3.8, 4) is 0 Å². The lowest BCUT2D eigenvalue weighted by atomic mass is 10.1. The number of hydrogen-bond acceptors (Lipinski definition) is 3. The molecule has 96 valence electrons. The van der Waals surface area contributed by atoms with Gasteiger partial charge >= 0.3 is 0 Å². The Bertz CT molecular complexity index is 542. The number of halogens is 2. The highest BCUT2D eigenvalue weighted by atomic mass is 79.9. The monoisotopic (exact) mass is 373 g/mol. The predicted molar refractivity (Wildman–Crippen MR) is 76.1 cm³/mol. The zero-order valence-electron chi connectivity index (χ0n) is 9.85. The maximum atomic E-state index is 10.1. The molecule has 6 heteroatoms. The van der Waals surface area contributed by atoms with E-state index in [1.165, 1.54) is 0 Å². The van der Waals surface area contributed by atoms with E-state index in [2.05, 4.69) is 41.9 Å². The van der Waals surface area contributed by atoms with Crippen LogP contribution in [0.4, 0.5) is 0 Å². The van der Waals surface area contributed by atoms with Gasteiger partial charge in [-0.05, 0) is 56.3 Å². The molecule has 2 rings (SSSR count). The van der Waals surface area contributed by atoms with Gasteiger partial charge in [0, 0.05) is 28.4 Å². The summed E-state index contributed by atoms with van der Waals surface area (Å²) >= 11 is 6.75. The Morgan fingerprint density at radius 2 is 2.17 bits per heavy atom. The van der Waals surface area contributed by atoms with Gasteiger partial charge in [-0.15, -0.1) is 0 Å². The quantitative estimate of drug-likeness (QED) is 0.894. The van der Waals surface area contributed by atoms with Crippen molar-refractivity contribution < 1.29 is 5.11 Å². The maximum Gasteiger partial charge on any atom is 0.0974 e. The zero-order chi connectivity index (χ0) is 13.1. The standard InChI is InChI=1S/C12H13Br2N3O/c1-17-7-8(5-16-17)2-3-11(18)12-10(14)4-9(13)6-15-12/h4-7,11,18H,2-3H2,1H3. The Balaban J connectivity index is 2.01. The second-order valence-electron chi connectivity index (χ2n) is 4.10. The molecule has 1 unspecified atom stereocenters. The Hall–Kier alpha value is -0.720. The highest BCUT2D eigenvalue weighted by Gasteiger charge is 2.13. The molecular formula is C12H13Br2N3O. The number of aliphatic hydroxyl groups is 1. The van der Waals surface area contributed by atoms with E-state index in [0.29, 0.717) is 12.1 Å². The number of aromatic nitrogens is 3. The fraction of sp³-hybridized carbons (Fsp3) is 0.333. The lowest BCUT2D eigenvalue weighted by Gasteiger charge is -2.11. The molecule has 0 aliphatic carbocycles. The molecule has 0 saturated heterocycles. The molecule has 0 spiro atoms. The largest absolute Gasteiger partial charge is 0.387 e. The SMILES string of the molecule is Cn1cc(CCC(O)c2ncc(Br)cc2Br)cn1. The smallest absolute Gasteiger partial charge is 0.0974 e. The van der Waals surface area contributed by atoms with E-state index in [1.807, 2.05) is 25.5 Å². The average molecular weight is 375 g/mol. The van der Waals surface area contributed by atoms with Crippen molar-refractivity contribution in [2.24, 2.45) is 7.05 Å². The summed E-state index contributed by atoms with van der Waals surface area (Å²) < 4.78 is 3.46. The number of nitrogens with zero attached hydrogens (tertiary/aromatic N) is 3. The Kier molecular flexibility index (Phi) is 4.53.